The van der Waals surface area contributed by atoms with Crippen molar-refractivity contribution in [3.05, 3.63) is 0 Å². The van der Waals surface area contributed by atoms with Gasteiger partial charge in [-0.3, -0.25) is 0 Å². The van der Waals surface area contributed by atoms with Gasteiger partial charge in [0.05, 0.1) is 6.61 Å². The van der Waals surface area contributed by atoms with Crippen LogP contribution in [0, 0.1) is 0 Å². The number of ether oxygens (including phenoxy) is 2. The van der Waals surface area contributed by atoms with E-state index in [9.17, 15) is 0 Å². The van der Waals surface area contributed by atoms with Crippen molar-refractivity contribution in [1.82, 2.24) is 0 Å². The van der Waals surface area contributed by atoms with E-state index >= 15 is 0 Å². The number of nitrogens with two attached hydrogens (primary N) is 1. The van der Waals surface area contributed by atoms with Gasteiger partial charge in [-0.1, -0.05) is 0 Å². The van der Waals surface area contributed by atoms with Crippen molar-refractivity contribution in [2.75, 3.05) is 26.4 Å². The SMILES string of the molecule is CCOCCC(N)COCC. The summed E-state index contributed by atoms with van der Waals surface area (Å²) in [5.74, 6) is 0. The maximum Gasteiger partial charge on any atom is 0.0618 e. The quantitative estimate of drug-likeness (QED) is 0.561. The summed E-state index contributed by atoms with van der Waals surface area (Å²) in [5, 5.41) is 0. The lowest BCUT2D eigenvalue weighted by atomic mass is 10.2. The standard InChI is InChI=1S/C8H19NO2/c1-3-10-6-5-8(9)7-11-4-2/h8H,3-7,9H2,1-2H3. The Kier molecular flexibility index (Phi) is 7.89. The Balaban J connectivity index is 3.02. The van der Waals surface area contributed by atoms with E-state index in [1.807, 2.05) is 13.8 Å². The van der Waals surface area contributed by atoms with E-state index < -0.39 is 0 Å². The number of hydrogen-bond donors (Lipinski definition) is 1. The van der Waals surface area contributed by atoms with Crippen molar-refractivity contribution in [1.29, 1.82) is 0 Å². The summed E-state index contributed by atoms with van der Waals surface area (Å²) in [4.78, 5) is 0. The third-order valence-corrected chi connectivity index (χ3v) is 1.37. The Morgan fingerprint density at radius 3 is 2.36 bits per heavy atom. The summed E-state index contributed by atoms with van der Waals surface area (Å²) >= 11 is 0. The van der Waals surface area contributed by atoms with Crippen LogP contribution in [-0.4, -0.2) is 32.5 Å². The van der Waals surface area contributed by atoms with Crippen molar-refractivity contribution in [2.45, 2.75) is 26.3 Å². The third kappa shape index (κ3) is 7.78. The highest BCUT2D eigenvalue weighted by molar-refractivity contribution is 4.58. The van der Waals surface area contributed by atoms with Crippen LogP contribution < -0.4 is 5.73 Å². The van der Waals surface area contributed by atoms with E-state index in [1.165, 1.54) is 0 Å². The molecule has 0 aromatic heterocycles. The second-order valence-corrected chi connectivity index (χ2v) is 2.41. The molecule has 0 aliphatic heterocycles. The smallest absolute Gasteiger partial charge is 0.0618 e. The highest BCUT2D eigenvalue weighted by atomic mass is 16.5. The first-order valence-corrected chi connectivity index (χ1v) is 4.22. The summed E-state index contributed by atoms with van der Waals surface area (Å²) in [6.45, 7) is 6.83. The molecule has 11 heavy (non-hydrogen) atoms. The van der Waals surface area contributed by atoms with Crippen molar-refractivity contribution in [3.63, 3.8) is 0 Å². The minimum atomic E-state index is 0.126. The van der Waals surface area contributed by atoms with Crippen molar-refractivity contribution in [3.8, 4) is 0 Å². The van der Waals surface area contributed by atoms with Crippen molar-refractivity contribution in [2.24, 2.45) is 5.73 Å². The minimum Gasteiger partial charge on any atom is -0.382 e. The molecule has 0 fully saturated rings. The predicted molar refractivity (Wildman–Crippen MR) is 45.6 cm³/mol. The van der Waals surface area contributed by atoms with Crippen molar-refractivity contribution >= 4 is 0 Å². The van der Waals surface area contributed by atoms with Gasteiger partial charge in [-0.25, -0.2) is 0 Å². The van der Waals surface area contributed by atoms with Gasteiger partial charge in [0.2, 0.25) is 0 Å². The molecule has 0 bridgehead atoms. The van der Waals surface area contributed by atoms with Gasteiger partial charge >= 0.3 is 0 Å². The zero-order chi connectivity index (χ0) is 8.53. The lowest BCUT2D eigenvalue weighted by Crippen LogP contribution is -2.27. The highest BCUT2D eigenvalue weighted by Crippen LogP contribution is 1.90. The molecule has 3 heteroatoms. The van der Waals surface area contributed by atoms with Crippen LogP contribution in [-0.2, 0) is 9.47 Å². The van der Waals surface area contributed by atoms with Gasteiger partial charge in [-0.05, 0) is 20.3 Å². The zero-order valence-corrected chi connectivity index (χ0v) is 7.51. The third-order valence-electron chi connectivity index (χ3n) is 1.37. The zero-order valence-electron chi connectivity index (χ0n) is 7.51. The van der Waals surface area contributed by atoms with E-state index in [2.05, 4.69) is 0 Å². The topological polar surface area (TPSA) is 44.5 Å². The molecule has 0 amide bonds. The fourth-order valence-corrected chi connectivity index (χ4v) is 0.732. The normalized spacial score (nSPS) is 13.4. The highest BCUT2D eigenvalue weighted by Gasteiger charge is 2.00. The Morgan fingerprint density at radius 2 is 1.82 bits per heavy atom. The molecular weight excluding hydrogens is 142 g/mol. The monoisotopic (exact) mass is 161 g/mol. The summed E-state index contributed by atoms with van der Waals surface area (Å²) in [7, 11) is 0. The fraction of sp³-hybridized carbons (Fsp3) is 1.00. The van der Waals surface area contributed by atoms with E-state index in [4.69, 9.17) is 15.2 Å². The van der Waals surface area contributed by atoms with Crippen LogP contribution >= 0.6 is 0 Å². The molecule has 0 spiro atoms. The largest absolute Gasteiger partial charge is 0.382 e. The van der Waals surface area contributed by atoms with Gasteiger partial charge in [-0.2, -0.15) is 0 Å². The molecule has 0 aliphatic rings. The second-order valence-electron chi connectivity index (χ2n) is 2.41. The molecule has 0 aliphatic carbocycles. The van der Waals surface area contributed by atoms with Crippen LogP contribution in [0.15, 0.2) is 0 Å². The van der Waals surface area contributed by atoms with Gasteiger partial charge in [0.1, 0.15) is 0 Å². The lowest BCUT2D eigenvalue weighted by molar-refractivity contribution is 0.103. The first kappa shape index (κ1) is 10.9. The molecule has 0 aromatic carbocycles. The molecule has 1 atom stereocenters. The number of rotatable bonds is 7. The summed E-state index contributed by atoms with van der Waals surface area (Å²) < 4.78 is 10.3. The number of hydrogen-bond acceptors (Lipinski definition) is 3. The molecule has 68 valence electrons. The maximum absolute atomic E-state index is 5.70. The van der Waals surface area contributed by atoms with Crippen LogP contribution in [0.1, 0.15) is 20.3 Å². The van der Waals surface area contributed by atoms with Crippen LogP contribution in [0.5, 0.6) is 0 Å². The molecule has 0 saturated heterocycles. The molecule has 0 heterocycles. The maximum atomic E-state index is 5.70. The minimum absolute atomic E-state index is 0.126. The van der Waals surface area contributed by atoms with E-state index in [0.717, 1.165) is 26.2 Å². The second kappa shape index (κ2) is 7.98. The van der Waals surface area contributed by atoms with E-state index in [-0.39, 0.29) is 6.04 Å². The Morgan fingerprint density at radius 1 is 1.18 bits per heavy atom. The molecule has 1 unspecified atom stereocenters. The van der Waals surface area contributed by atoms with Crippen LogP contribution in [0.4, 0.5) is 0 Å². The summed E-state index contributed by atoms with van der Waals surface area (Å²) in [6, 6.07) is 0.126. The summed E-state index contributed by atoms with van der Waals surface area (Å²) in [6.07, 6.45) is 0.883. The van der Waals surface area contributed by atoms with Gasteiger partial charge in [0, 0.05) is 25.9 Å². The molecule has 0 radical (unpaired) electrons. The lowest BCUT2D eigenvalue weighted by Gasteiger charge is -2.10. The van der Waals surface area contributed by atoms with Gasteiger partial charge in [-0.15, -0.1) is 0 Å². The molecule has 2 N–H and O–H groups in total. The molecule has 3 nitrogen and oxygen atoms in total. The Bertz CT molecular complexity index is 78.5. The molecule has 0 aromatic rings. The first-order valence-electron chi connectivity index (χ1n) is 4.22. The van der Waals surface area contributed by atoms with Gasteiger partial charge in [0.25, 0.3) is 0 Å². The van der Waals surface area contributed by atoms with Crippen molar-refractivity contribution < 1.29 is 9.47 Å². The molecule has 0 rings (SSSR count). The predicted octanol–water partition coefficient (Wildman–Crippen LogP) is 0.777. The molecule has 0 saturated carbocycles. The average molecular weight is 161 g/mol. The van der Waals surface area contributed by atoms with Crippen LogP contribution in [0.3, 0.4) is 0 Å². The van der Waals surface area contributed by atoms with Gasteiger partial charge < -0.3 is 15.2 Å². The van der Waals surface area contributed by atoms with Gasteiger partial charge in [0.15, 0.2) is 0 Å². The first-order chi connectivity index (χ1) is 5.31. The average Bonchev–Trinajstić information content (AvgIpc) is 2.01. The van der Waals surface area contributed by atoms with Crippen LogP contribution in [0.2, 0.25) is 0 Å². The summed E-state index contributed by atoms with van der Waals surface area (Å²) in [5.41, 5.74) is 5.70. The Hall–Kier alpha value is -0.120. The Labute approximate surface area is 68.9 Å². The fourth-order valence-electron chi connectivity index (χ4n) is 0.732. The van der Waals surface area contributed by atoms with Crippen LogP contribution in [0.25, 0.3) is 0 Å². The molecular formula is C8H19NO2. The van der Waals surface area contributed by atoms with E-state index in [1.54, 1.807) is 0 Å². The van der Waals surface area contributed by atoms with E-state index in [0.29, 0.717) is 6.61 Å².